The van der Waals surface area contributed by atoms with Crippen LogP contribution in [-0.2, 0) is 4.84 Å². The fraction of sp³-hybridized carbons (Fsp3) is 0.154. The van der Waals surface area contributed by atoms with Gasteiger partial charge in [0.15, 0.2) is 5.75 Å². The molecule has 1 N–H and O–H groups in total. The molecule has 1 aromatic carbocycles. The minimum atomic E-state index is -0.855. The summed E-state index contributed by atoms with van der Waals surface area (Å²) in [5.41, 5.74) is 0.869. The zero-order valence-corrected chi connectivity index (χ0v) is 13.8. The minimum absolute atomic E-state index is 0.0742. The molecule has 0 aliphatic rings. The van der Waals surface area contributed by atoms with E-state index < -0.39 is 22.8 Å². The Labute approximate surface area is 138 Å². The van der Waals surface area contributed by atoms with Crippen LogP contribution in [0.5, 0.6) is 5.75 Å². The largest absolute Gasteiger partial charge is 0.491 e. The van der Waals surface area contributed by atoms with Gasteiger partial charge in [0.25, 0.3) is 11.3 Å². The number of nitrogens with zero attached hydrogens (tertiary/aromatic N) is 2. The maximum absolute atomic E-state index is 14.0. The Kier molecular flexibility index (Phi) is 5.08. The zero-order chi connectivity index (χ0) is 16.3. The smallest absolute Gasteiger partial charge is 0.299 e. The standard InChI is InChI=1S/C13H11FIN3O4/c1-21-10-6-18(9-4-3-7(15)5-8(9)14)16-11(12(10)19)13(20)17-22-2/h3-6H,1-2H3,(H,17,20). The number of rotatable bonds is 4. The van der Waals surface area contributed by atoms with Crippen LogP contribution >= 0.6 is 22.6 Å². The molecule has 0 spiro atoms. The number of aromatic nitrogens is 2. The lowest BCUT2D eigenvalue weighted by atomic mass is 10.3. The number of hydroxylamine groups is 1. The predicted octanol–water partition coefficient (Wildman–Crippen LogP) is 1.28. The van der Waals surface area contributed by atoms with Gasteiger partial charge in [-0.1, -0.05) is 0 Å². The van der Waals surface area contributed by atoms with Crippen molar-refractivity contribution in [3.8, 4) is 11.4 Å². The number of methoxy groups -OCH3 is 1. The van der Waals surface area contributed by atoms with Crippen molar-refractivity contribution < 1.29 is 18.8 Å². The molecule has 7 nitrogen and oxygen atoms in total. The number of ether oxygens (including phenoxy) is 1. The highest BCUT2D eigenvalue weighted by Crippen LogP contribution is 2.17. The quantitative estimate of drug-likeness (QED) is 0.597. The first-order valence-electron chi connectivity index (χ1n) is 5.94. The van der Waals surface area contributed by atoms with E-state index in [0.29, 0.717) is 3.57 Å². The van der Waals surface area contributed by atoms with Gasteiger partial charge in [0.05, 0.1) is 20.4 Å². The van der Waals surface area contributed by atoms with Crippen molar-refractivity contribution >= 4 is 28.5 Å². The second-order valence-electron chi connectivity index (χ2n) is 4.05. The van der Waals surface area contributed by atoms with Crippen molar-refractivity contribution in [2.24, 2.45) is 0 Å². The van der Waals surface area contributed by atoms with E-state index in [0.717, 1.165) is 4.68 Å². The first kappa shape index (κ1) is 16.4. The topological polar surface area (TPSA) is 82.4 Å². The second kappa shape index (κ2) is 6.83. The fourth-order valence-electron chi connectivity index (χ4n) is 1.69. The Hall–Kier alpha value is -2.01. The number of benzene rings is 1. The zero-order valence-electron chi connectivity index (χ0n) is 11.6. The number of hydrogen-bond acceptors (Lipinski definition) is 5. The third kappa shape index (κ3) is 3.25. The van der Waals surface area contributed by atoms with Crippen molar-refractivity contribution in [1.29, 1.82) is 0 Å². The molecule has 1 amide bonds. The van der Waals surface area contributed by atoms with Crippen LogP contribution < -0.4 is 15.6 Å². The van der Waals surface area contributed by atoms with E-state index in [2.05, 4.69) is 9.94 Å². The number of nitrogens with one attached hydrogen (secondary N) is 1. The van der Waals surface area contributed by atoms with Crippen molar-refractivity contribution in [2.75, 3.05) is 14.2 Å². The van der Waals surface area contributed by atoms with Crippen LogP contribution in [-0.4, -0.2) is 29.9 Å². The highest BCUT2D eigenvalue weighted by molar-refractivity contribution is 14.1. The summed E-state index contributed by atoms with van der Waals surface area (Å²) >= 11 is 1.96. The molecule has 0 unspecified atom stereocenters. The summed E-state index contributed by atoms with van der Waals surface area (Å²) in [4.78, 5) is 28.3. The Balaban J connectivity index is 2.64. The van der Waals surface area contributed by atoms with Crippen molar-refractivity contribution in [3.63, 3.8) is 0 Å². The molecule has 2 rings (SSSR count). The molecule has 0 fully saturated rings. The lowest BCUT2D eigenvalue weighted by molar-refractivity contribution is 0.0529. The molecule has 0 radical (unpaired) electrons. The van der Waals surface area contributed by atoms with Crippen LogP contribution in [0, 0.1) is 9.39 Å². The van der Waals surface area contributed by atoms with Crippen LogP contribution in [0.25, 0.3) is 5.69 Å². The van der Waals surface area contributed by atoms with Gasteiger partial charge in [0.1, 0.15) is 11.5 Å². The summed E-state index contributed by atoms with van der Waals surface area (Å²) in [5.74, 6) is -1.55. The van der Waals surface area contributed by atoms with Gasteiger partial charge < -0.3 is 4.74 Å². The molecule has 9 heteroatoms. The molecule has 0 aliphatic carbocycles. The van der Waals surface area contributed by atoms with E-state index in [-0.39, 0.29) is 11.4 Å². The van der Waals surface area contributed by atoms with Crippen LogP contribution in [0.4, 0.5) is 4.39 Å². The molecular weight excluding hydrogens is 408 g/mol. The van der Waals surface area contributed by atoms with Gasteiger partial charge in [-0.05, 0) is 40.8 Å². The van der Waals surface area contributed by atoms with E-state index in [9.17, 15) is 14.0 Å². The lowest BCUT2D eigenvalue weighted by Crippen LogP contribution is -2.31. The number of carbonyl (C=O) groups is 1. The Morgan fingerprint density at radius 2 is 2.14 bits per heavy atom. The van der Waals surface area contributed by atoms with Gasteiger partial charge in [0.2, 0.25) is 5.69 Å². The van der Waals surface area contributed by atoms with E-state index in [1.807, 2.05) is 28.1 Å². The summed E-state index contributed by atoms with van der Waals surface area (Å²) in [6.07, 6.45) is 1.21. The summed E-state index contributed by atoms with van der Waals surface area (Å²) in [5, 5.41) is 3.85. The van der Waals surface area contributed by atoms with Gasteiger partial charge >= 0.3 is 0 Å². The first-order valence-corrected chi connectivity index (χ1v) is 7.02. The number of carbonyl (C=O) groups excluding carboxylic acids is 1. The molecule has 116 valence electrons. The van der Waals surface area contributed by atoms with Gasteiger partial charge in [0, 0.05) is 3.57 Å². The van der Waals surface area contributed by atoms with Crippen LogP contribution in [0.15, 0.2) is 29.2 Å². The fourth-order valence-corrected chi connectivity index (χ4v) is 2.15. The van der Waals surface area contributed by atoms with Crippen LogP contribution in [0.1, 0.15) is 10.5 Å². The highest BCUT2D eigenvalue weighted by Gasteiger charge is 2.19. The minimum Gasteiger partial charge on any atom is -0.491 e. The summed E-state index contributed by atoms with van der Waals surface area (Å²) in [7, 11) is 2.48. The van der Waals surface area contributed by atoms with E-state index in [1.54, 1.807) is 6.07 Å². The van der Waals surface area contributed by atoms with Gasteiger partial charge in [-0.15, -0.1) is 0 Å². The maximum atomic E-state index is 14.0. The van der Waals surface area contributed by atoms with Gasteiger partial charge in [-0.2, -0.15) is 5.10 Å². The molecule has 0 bridgehead atoms. The molecule has 0 saturated carbocycles. The third-order valence-electron chi connectivity index (χ3n) is 2.67. The van der Waals surface area contributed by atoms with E-state index >= 15 is 0 Å². The number of halogens is 2. The number of hydrogen-bond donors (Lipinski definition) is 1. The van der Waals surface area contributed by atoms with Crippen LogP contribution in [0.3, 0.4) is 0 Å². The first-order chi connectivity index (χ1) is 10.5. The Morgan fingerprint density at radius 1 is 1.41 bits per heavy atom. The Bertz CT molecular complexity index is 778. The summed E-state index contributed by atoms with van der Waals surface area (Å²) in [6.45, 7) is 0. The molecule has 1 heterocycles. The summed E-state index contributed by atoms with van der Waals surface area (Å²) in [6, 6.07) is 4.45. The number of amides is 1. The normalized spacial score (nSPS) is 10.4. The predicted molar refractivity (Wildman–Crippen MR) is 83.5 cm³/mol. The second-order valence-corrected chi connectivity index (χ2v) is 5.30. The average molecular weight is 419 g/mol. The van der Waals surface area contributed by atoms with Crippen LogP contribution in [0.2, 0.25) is 0 Å². The molecule has 2 aromatic rings. The third-order valence-corrected chi connectivity index (χ3v) is 3.34. The molecule has 0 saturated heterocycles. The molecule has 0 aliphatic heterocycles. The van der Waals surface area contributed by atoms with Crippen molar-refractivity contribution in [3.05, 3.63) is 49.7 Å². The Morgan fingerprint density at radius 3 is 2.73 bits per heavy atom. The van der Waals surface area contributed by atoms with Crippen molar-refractivity contribution in [1.82, 2.24) is 15.3 Å². The van der Waals surface area contributed by atoms with Crippen molar-refractivity contribution in [2.45, 2.75) is 0 Å². The molecule has 1 aromatic heterocycles. The summed E-state index contributed by atoms with van der Waals surface area (Å²) < 4.78 is 20.7. The molecule has 22 heavy (non-hydrogen) atoms. The van der Waals surface area contributed by atoms with Gasteiger partial charge in [-0.25, -0.2) is 14.6 Å². The van der Waals surface area contributed by atoms with E-state index in [4.69, 9.17) is 4.74 Å². The lowest BCUT2D eigenvalue weighted by Gasteiger charge is -2.11. The maximum Gasteiger partial charge on any atom is 0.299 e. The monoisotopic (exact) mass is 419 g/mol. The highest BCUT2D eigenvalue weighted by atomic mass is 127. The average Bonchev–Trinajstić information content (AvgIpc) is 2.48. The van der Waals surface area contributed by atoms with E-state index in [1.165, 1.54) is 32.5 Å². The SMILES string of the molecule is CONC(=O)c1nn(-c2ccc(I)cc2F)cc(OC)c1=O. The molecule has 0 atom stereocenters. The van der Waals surface area contributed by atoms with Gasteiger partial charge in [-0.3, -0.25) is 14.4 Å². The molecular formula is C13H11FIN3O4.